The normalized spacial score (nSPS) is 17.7. The Balaban J connectivity index is 1.18. The molecule has 2 heterocycles. The lowest BCUT2D eigenvalue weighted by Crippen LogP contribution is -2.51. The molecule has 0 unspecified atom stereocenters. The third kappa shape index (κ3) is 6.62. The number of nitrogens with one attached hydrogen (secondary N) is 3. The van der Waals surface area contributed by atoms with E-state index in [-0.39, 0.29) is 18.1 Å². The molecule has 9 heteroatoms. The van der Waals surface area contributed by atoms with Crippen LogP contribution in [0, 0.1) is 6.92 Å². The number of amides is 4. The molecule has 3 N–H and O–H groups in total. The fourth-order valence-electron chi connectivity index (χ4n) is 4.18. The highest BCUT2D eigenvalue weighted by Gasteiger charge is 2.25. The first-order valence-corrected chi connectivity index (χ1v) is 13.1. The number of likely N-dealkylation sites (tertiary alicyclic amines) is 1. The van der Waals surface area contributed by atoms with Gasteiger partial charge in [-0.15, -0.1) is 11.3 Å². The number of nitrogens with zero attached hydrogens (tertiary/aromatic N) is 2. The molecule has 1 aromatic heterocycles. The van der Waals surface area contributed by atoms with Crippen LogP contribution in [0.3, 0.4) is 0 Å². The molecule has 0 radical (unpaired) electrons. The Hall–Kier alpha value is -2.26. The van der Waals surface area contributed by atoms with Crippen LogP contribution in [0.5, 0.6) is 0 Å². The number of carbonyl (C=O) groups excluding carboxylic acids is 2. The van der Waals surface area contributed by atoms with Gasteiger partial charge >= 0.3 is 12.1 Å². The van der Waals surface area contributed by atoms with Gasteiger partial charge in [-0.25, -0.2) is 14.6 Å². The summed E-state index contributed by atoms with van der Waals surface area (Å²) in [6.45, 7) is 3.26. The van der Waals surface area contributed by atoms with Crippen molar-refractivity contribution in [2.75, 3.05) is 18.4 Å². The molecule has 32 heavy (non-hydrogen) atoms. The number of anilines is 1. The van der Waals surface area contributed by atoms with Crippen LogP contribution in [-0.2, 0) is 0 Å². The van der Waals surface area contributed by atoms with Crippen molar-refractivity contribution < 1.29 is 9.59 Å². The fraction of sp³-hybridized carbons (Fsp3) is 0.522. The van der Waals surface area contributed by atoms with Gasteiger partial charge in [0.05, 0.1) is 0 Å². The zero-order valence-electron chi connectivity index (χ0n) is 18.4. The molecule has 2 aliphatic rings. The minimum atomic E-state index is -0.0916. The number of piperidine rings is 1. The third-order valence-corrected chi connectivity index (χ3v) is 8.03. The minimum absolute atomic E-state index is 0.0642. The summed E-state index contributed by atoms with van der Waals surface area (Å²) in [6, 6.07) is 8.11. The summed E-state index contributed by atoms with van der Waals surface area (Å²) in [4.78, 5) is 32.3. The number of thiazole rings is 1. The van der Waals surface area contributed by atoms with Crippen LogP contribution in [-0.4, -0.2) is 47.1 Å². The van der Waals surface area contributed by atoms with Crippen LogP contribution in [0.4, 0.5) is 15.3 Å². The lowest BCUT2D eigenvalue weighted by molar-refractivity contribution is 0.186. The summed E-state index contributed by atoms with van der Waals surface area (Å²) in [5.74, 6) is 0. The van der Waals surface area contributed by atoms with E-state index in [1.165, 1.54) is 19.3 Å². The Morgan fingerprint density at radius 3 is 2.28 bits per heavy atom. The molecule has 1 aliphatic carbocycles. The number of aromatic nitrogens is 1. The zero-order valence-corrected chi connectivity index (χ0v) is 20.1. The van der Waals surface area contributed by atoms with Gasteiger partial charge in [0.25, 0.3) is 0 Å². The van der Waals surface area contributed by atoms with Crippen LogP contribution in [0.15, 0.2) is 38.9 Å². The second kappa shape index (κ2) is 11.0. The first kappa shape index (κ1) is 22.9. The topological polar surface area (TPSA) is 86.4 Å². The average molecular weight is 474 g/mol. The second-order valence-electron chi connectivity index (χ2n) is 8.53. The zero-order chi connectivity index (χ0) is 22.3. The smallest absolute Gasteiger partial charge is 0.321 e. The highest BCUT2D eigenvalue weighted by Crippen LogP contribution is 2.31. The lowest BCUT2D eigenvalue weighted by atomic mass is 9.96. The summed E-state index contributed by atoms with van der Waals surface area (Å²) in [6.07, 6.45) is 7.38. The summed E-state index contributed by atoms with van der Waals surface area (Å²) < 4.78 is 1.02. The maximum absolute atomic E-state index is 12.6. The summed E-state index contributed by atoms with van der Waals surface area (Å²) >= 11 is 3.26. The molecule has 4 rings (SSSR count). The van der Waals surface area contributed by atoms with E-state index in [1.807, 2.05) is 41.5 Å². The number of hydrogen-bond acceptors (Lipinski definition) is 5. The van der Waals surface area contributed by atoms with Crippen molar-refractivity contribution in [2.45, 2.75) is 73.2 Å². The van der Waals surface area contributed by atoms with Crippen LogP contribution >= 0.6 is 23.1 Å². The molecule has 172 valence electrons. The molecule has 4 amide bonds. The van der Waals surface area contributed by atoms with Crippen molar-refractivity contribution in [3.05, 3.63) is 35.3 Å². The Bertz CT molecular complexity index is 903. The van der Waals surface area contributed by atoms with Gasteiger partial charge in [0.2, 0.25) is 0 Å². The maximum atomic E-state index is 12.6. The van der Waals surface area contributed by atoms with Gasteiger partial charge in [0.15, 0.2) is 4.34 Å². The van der Waals surface area contributed by atoms with E-state index < -0.39 is 0 Å². The number of urea groups is 2. The summed E-state index contributed by atoms with van der Waals surface area (Å²) in [5.41, 5.74) is 1.81. The molecule has 2 fully saturated rings. The van der Waals surface area contributed by atoms with E-state index >= 15 is 0 Å². The van der Waals surface area contributed by atoms with Crippen molar-refractivity contribution in [3.63, 3.8) is 0 Å². The first-order chi connectivity index (χ1) is 15.5. The van der Waals surface area contributed by atoms with Gasteiger partial charge in [0, 0.05) is 46.8 Å². The van der Waals surface area contributed by atoms with Gasteiger partial charge in [0.1, 0.15) is 0 Å². The van der Waals surface area contributed by atoms with E-state index in [9.17, 15) is 9.59 Å². The molecule has 7 nitrogen and oxygen atoms in total. The third-order valence-electron chi connectivity index (χ3n) is 5.97. The van der Waals surface area contributed by atoms with Crippen molar-refractivity contribution >= 4 is 40.8 Å². The fourth-order valence-corrected chi connectivity index (χ4v) is 5.98. The number of carbonyl (C=O) groups is 2. The lowest BCUT2D eigenvalue weighted by Gasteiger charge is -2.33. The summed E-state index contributed by atoms with van der Waals surface area (Å²) in [7, 11) is 0. The molecule has 1 saturated carbocycles. The molecule has 0 bridgehead atoms. The Morgan fingerprint density at radius 1 is 1.00 bits per heavy atom. The molecule has 0 atom stereocenters. The van der Waals surface area contributed by atoms with E-state index in [4.69, 9.17) is 0 Å². The van der Waals surface area contributed by atoms with Crippen molar-refractivity contribution in [3.8, 4) is 0 Å². The number of hydrogen-bond donors (Lipinski definition) is 3. The van der Waals surface area contributed by atoms with E-state index in [1.54, 1.807) is 23.1 Å². The standard InChI is InChI=1S/C23H31N5O2S2/c1-16-15-31-23(24-16)32-20-9-7-18(8-10-20)27-22(30)28-13-11-19(12-14-28)26-21(29)25-17-5-3-2-4-6-17/h7-10,15,17,19H,2-6,11-14H2,1H3,(H,27,30)(H2,25,26,29). The predicted octanol–water partition coefficient (Wildman–Crippen LogP) is 5.23. The van der Waals surface area contributed by atoms with Crippen molar-refractivity contribution in [1.29, 1.82) is 0 Å². The van der Waals surface area contributed by atoms with Gasteiger partial charge in [-0.1, -0.05) is 31.0 Å². The minimum Gasteiger partial charge on any atom is -0.335 e. The summed E-state index contributed by atoms with van der Waals surface area (Å²) in [5, 5.41) is 11.2. The molecular formula is C23H31N5O2S2. The monoisotopic (exact) mass is 473 g/mol. The van der Waals surface area contributed by atoms with E-state index in [0.717, 1.165) is 46.3 Å². The van der Waals surface area contributed by atoms with Gasteiger partial charge in [-0.3, -0.25) is 0 Å². The molecule has 1 saturated heterocycles. The highest BCUT2D eigenvalue weighted by molar-refractivity contribution is 8.01. The highest BCUT2D eigenvalue weighted by atomic mass is 32.2. The van der Waals surface area contributed by atoms with E-state index in [2.05, 4.69) is 20.9 Å². The molecular weight excluding hydrogens is 442 g/mol. The number of rotatable bonds is 5. The molecule has 2 aromatic rings. The molecule has 1 aliphatic heterocycles. The van der Waals surface area contributed by atoms with Crippen LogP contribution in [0.2, 0.25) is 0 Å². The van der Waals surface area contributed by atoms with Crippen LogP contribution in [0.25, 0.3) is 0 Å². The number of aryl methyl sites for hydroxylation is 1. The first-order valence-electron chi connectivity index (χ1n) is 11.4. The number of benzene rings is 1. The van der Waals surface area contributed by atoms with Crippen molar-refractivity contribution in [2.24, 2.45) is 0 Å². The van der Waals surface area contributed by atoms with E-state index in [0.29, 0.717) is 19.1 Å². The van der Waals surface area contributed by atoms with Crippen molar-refractivity contribution in [1.82, 2.24) is 20.5 Å². The SMILES string of the molecule is Cc1csc(Sc2ccc(NC(=O)N3CCC(NC(=O)NC4CCCCC4)CC3)cc2)n1. The quantitative estimate of drug-likeness (QED) is 0.555. The average Bonchev–Trinajstić information content (AvgIpc) is 3.20. The van der Waals surface area contributed by atoms with Gasteiger partial charge in [-0.2, -0.15) is 0 Å². The maximum Gasteiger partial charge on any atom is 0.321 e. The molecule has 1 aromatic carbocycles. The Morgan fingerprint density at radius 2 is 1.66 bits per heavy atom. The van der Waals surface area contributed by atoms with Gasteiger partial charge < -0.3 is 20.9 Å². The van der Waals surface area contributed by atoms with Crippen LogP contribution < -0.4 is 16.0 Å². The molecule has 0 spiro atoms. The van der Waals surface area contributed by atoms with Crippen LogP contribution in [0.1, 0.15) is 50.6 Å². The largest absolute Gasteiger partial charge is 0.335 e. The second-order valence-corrected chi connectivity index (χ2v) is 10.7. The Kier molecular flexibility index (Phi) is 7.91. The Labute approximate surface area is 197 Å². The predicted molar refractivity (Wildman–Crippen MR) is 130 cm³/mol. The van der Waals surface area contributed by atoms with Gasteiger partial charge in [-0.05, 0) is 56.9 Å².